The van der Waals surface area contributed by atoms with Crippen molar-refractivity contribution in [3.05, 3.63) is 29.8 Å². The third-order valence-electron chi connectivity index (χ3n) is 2.76. The van der Waals surface area contributed by atoms with Crippen LogP contribution in [0.2, 0.25) is 0 Å². The van der Waals surface area contributed by atoms with Crippen LogP contribution in [0.5, 0.6) is 5.75 Å². The van der Waals surface area contributed by atoms with E-state index in [-0.39, 0.29) is 25.2 Å². The van der Waals surface area contributed by atoms with Gasteiger partial charge in [0.05, 0.1) is 6.04 Å². The van der Waals surface area contributed by atoms with Crippen LogP contribution in [0.4, 0.5) is 0 Å². The molecule has 0 aliphatic heterocycles. The molecule has 0 spiro atoms. The molecule has 0 saturated heterocycles. The number of benzene rings is 1. The standard InChI is InChI=1S/C13H18N2O5/c14-10(7-8-1-3-9(17)4-2-8)12(18)15-11(5-6-16)13(19)20/h1-4,10-11,16-17H,5-7,14H2,(H,15,18)(H,19,20)/t10-,11?/m1/s1. The Balaban J connectivity index is 2.57. The van der Waals surface area contributed by atoms with Crippen molar-refractivity contribution in [1.29, 1.82) is 0 Å². The Bertz CT molecular complexity index is 460. The number of amides is 1. The summed E-state index contributed by atoms with van der Waals surface area (Å²) >= 11 is 0. The summed E-state index contributed by atoms with van der Waals surface area (Å²) in [5, 5.41) is 29.0. The van der Waals surface area contributed by atoms with Gasteiger partial charge in [0, 0.05) is 13.0 Å². The topological polar surface area (TPSA) is 133 Å². The van der Waals surface area contributed by atoms with E-state index in [2.05, 4.69) is 5.32 Å². The van der Waals surface area contributed by atoms with Crippen molar-refractivity contribution in [2.24, 2.45) is 5.73 Å². The monoisotopic (exact) mass is 282 g/mol. The minimum absolute atomic E-state index is 0.0764. The lowest BCUT2D eigenvalue weighted by atomic mass is 10.1. The number of aliphatic carboxylic acids is 1. The number of carbonyl (C=O) groups is 2. The van der Waals surface area contributed by atoms with E-state index in [4.69, 9.17) is 21.1 Å². The Morgan fingerprint density at radius 2 is 1.85 bits per heavy atom. The second kappa shape index (κ2) is 7.46. The molecule has 0 fully saturated rings. The number of hydrogen-bond acceptors (Lipinski definition) is 5. The number of aromatic hydroxyl groups is 1. The second-order valence-corrected chi connectivity index (χ2v) is 4.39. The average molecular weight is 282 g/mol. The summed E-state index contributed by atoms with van der Waals surface area (Å²) in [6.07, 6.45) is 0.143. The van der Waals surface area contributed by atoms with Gasteiger partial charge in [0.15, 0.2) is 0 Å². The molecule has 2 atom stereocenters. The zero-order valence-electron chi connectivity index (χ0n) is 10.8. The molecule has 0 aliphatic rings. The van der Waals surface area contributed by atoms with Gasteiger partial charge >= 0.3 is 5.97 Å². The van der Waals surface area contributed by atoms with Crippen LogP contribution in [-0.2, 0) is 16.0 Å². The Morgan fingerprint density at radius 3 is 2.35 bits per heavy atom. The molecule has 110 valence electrons. The van der Waals surface area contributed by atoms with Crippen LogP contribution < -0.4 is 11.1 Å². The maximum absolute atomic E-state index is 11.8. The molecule has 1 aromatic rings. The molecule has 0 radical (unpaired) electrons. The van der Waals surface area contributed by atoms with Crippen molar-refractivity contribution in [1.82, 2.24) is 5.32 Å². The van der Waals surface area contributed by atoms with Gasteiger partial charge in [0.25, 0.3) is 0 Å². The molecule has 6 N–H and O–H groups in total. The van der Waals surface area contributed by atoms with Gasteiger partial charge in [-0.25, -0.2) is 4.79 Å². The Kier molecular flexibility index (Phi) is 5.95. The number of aliphatic hydroxyl groups is 1. The highest BCUT2D eigenvalue weighted by Crippen LogP contribution is 2.11. The van der Waals surface area contributed by atoms with E-state index in [0.29, 0.717) is 0 Å². The molecule has 0 bridgehead atoms. The van der Waals surface area contributed by atoms with E-state index in [9.17, 15) is 9.59 Å². The molecule has 20 heavy (non-hydrogen) atoms. The van der Waals surface area contributed by atoms with E-state index in [1.54, 1.807) is 12.1 Å². The molecule has 0 aliphatic carbocycles. The van der Waals surface area contributed by atoms with Gasteiger partial charge in [-0.2, -0.15) is 0 Å². The molecule has 7 nitrogen and oxygen atoms in total. The lowest BCUT2D eigenvalue weighted by Gasteiger charge is -2.17. The maximum Gasteiger partial charge on any atom is 0.326 e. The van der Waals surface area contributed by atoms with Crippen LogP contribution in [0.15, 0.2) is 24.3 Å². The molecule has 1 unspecified atom stereocenters. The summed E-state index contributed by atoms with van der Waals surface area (Å²) in [5.41, 5.74) is 6.45. The number of rotatable bonds is 7. The first-order valence-electron chi connectivity index (χ1n) is 6.11. The zero-order valence-corrected chi connectivity index (χ0v) is 10.8. The van der Waals surface area contributed by atoms with E-state index in [1.807, 2.05) is 0 Å². The van der Waals surface area contributed by atoms with Crippen molar-refractivity contribution < 1.29 is 24.9 Å². The number of nitrogens with one attached hydrogen (secondary N) is 1. The largest absolute Gasteiger partial charge is 0.508 e. The number of carbonyl (C=O) groups excluding carboxylic acids is 1. The van der Waals surface area contributed by atoms with Crippen LogP contribution in [0, 0.1) is 0 Å². The van der Waals surface area contributed by atoms with Gasteiger partial charge < -0.3 is 26.4 Å². The Morgan fingerprint density at radius 1 is 1.25 bits per heavy atom. The third-order valence-corrected chi connectivity index (χ3v) is 2.76. The predicted octanol–water partition coefficient (Wildman–Crippen LogP) is -0.786. The highest BCUT2D eigenvalue weighted by molar-refractivity contribution is 5.86. The number of hydrogen-bond donors (Lipinski definition) is 5. The summed E-state index contributed by atoms with van der Waals surface area (Å²) in [6, 6.07) is 4.16. The molecule has 1 aromatic carbocycles. The summed E-state index contributed by atoms with van der Waals surface area (Å²) in [4.78, 5) is 22.6. The van der Waals surface area contributed by atoms with Crippen molar-refractivity contribution >= 4 is 11.9 Å². The molecule has 1 rings (SSSR count). The first-order chi connectivity index (χ1) is 9.43. The SMILES string of the molecule is N[C@H](Cc1ccc(O)cc1)C(=O)NC(CCO)C(=O)O. The Hall–Kier alpha value is -2.12. The second-order valence-electron chi connectivity index (χ2n) is 4.39. The molecule has 1 amide bonds. The fourth-order valence-corrected chi connectivity index (χ4v) is 1.64. The highest BCUT2D eigenvalue weighted by atomic mass is 16.4. The highest BCUT2D eigenvalue weighted by Gasteiger charge is 2.22. The van der Waals surface area contributed by atoms with Crippen LogP contribution >= 0.6 is 0 Å². The van der Waals surface area contributed by atoms with Gasteiger partial charge in [0.2, 0.25) is 5.91 Å². The average Bonchev–Trinajstić information content (AvgIpc) is 2.40. The lowest BCUT2D eigenvalue weighted by Crippen LogP contribution is -2.49. The van der Waals surface area contributed by atoms with Crippen LogP contribution in [0.25, 0.3) is 0 Å². The van der Waals surface area contributed by atoms with E-state index in [1.165, 1.54) is 12.1 Å². The van der Waals surface area contributed by atoms with Crippen molar-refractivity contribution in [2.45, 2.75) is 24.9 Å². The molecule has 7 heteroatoms. The van der Waals surface area contributed by atoms with Crippen molar-refractivity contribution in [3.8, 4) is 5.75 Å². The third kappa shape index (κ3) is 4.87. The number of nitrogens with two attached hydrogens (primary N) is 1. The van der Waals surface area contributed by atoms with E-state index in [0.717, 1.165) is 5.56 Å². The van der Waals surface area contributed by atoms with Crippen molar-refractivity contribution in [3.63, 3.8) is 0 Å². The van der Waals surface area contributed by atoms with Crippen LogP contribution in [-0.4, -0.2) is 45.9 Å². The van der Waals surface area contributed by atoms with Gasteiger partial charge in [0.1, 0.15) is 11.8 Å². The molecule has 0 aromatic heterocycles. The normalized spacial score (nSPS) is 13.5. The predicted molar refractivity (Wildman–Crippen MR) is 71.1 cm³/mol. The minimum atomic E-state index is -1.22. The summed E-state index contributed by atoms with van der Waals surface area (Å²) in [6.45, 7) is -0.343. The van der Waals surface area contributed by atoms with E-state index < -0.39 is 24.0 Å². The molecule has 0 heterocycles. The van der Waals surface area contributed by atoms with Crippen LogP contribution in [0.3, 0.4) is 0 Å². The maximum atomic E-state index is 11.8. The number of aliphatic hydroxyl groups excluding tert-OH is 1. The smallest absolute Gasteiger partial charge is 0.326 e. The number of phenols is 1. The fraction of sp³-hybridized carbons (Fsp3) is 0.385. The van der Waals surface area contributed by atoms with E-state index >= 15 is 0 Å². The van der Waals surface area contributed by atoms with Crippen molar-refractivity contribution in [2.75, 3.05) is 6.61 Å². The summed E-state index contributed by atoms with van der Waals surface area (Å²) in [5.74, 6) is -1.70. The van der Waals surface area contributed by atoms with Crippen LogP contribution in [0.1, 0.15) is 12.0 Å². The quantitative estimate of drug-likeness (QED) is 0.445. The minimum Gasteiger partial charge on any atom is -0.508 e. The fourth-order valence-electron chi connectivity index (χ4n) is 1.64. The molecular formula is C13H18N2O5. The zero-order chi connectivity index (χ0) is 15.1. The van der Waals surface area contributed by atoms with Gasteiger partial charge in [-0.1, -0.05) is 12.1 Å². The Labute approximate surface area is 116 Å². The molecular weight excluding hydrogens is 264 g/mol. The first kappa shape index (κ1) is 15.9. The number of phenolic OH excluding ortho intramolecular Hbond substituents is 1. The number of carboxylic acids is 1. The summed E-state index contributed by atoms with van der Waals surface area (Å²) < 4.78 is 0. The van der Waals surface area contributed by atoms with Gasteiger partial charge in [-0.15, -0.1) is 0 Å². The number of carboxylic acid groups (broad SMARTS) is 1. The summed E-state index contributed by atoms with van der Waals surface area (Å²) in [7, 11) is 0. The van der Waals surface area contributed by atoms with Gasteiger partial charge in [-0.3, -0.25) is 4.79 Å². The molecule has 0 saturated carbocycles. The lowest BCUT2D eigenvalue weighted by molar-refractivity contribution is -0.142. The van der Waals surface area contributed by atoms with Gasteiger partial charge in [-0.05, 0) is 24.1 Å². The first-order valence-corrected chi connectivity index (χ1v) is 6.11.